The first kappa shape index (κ1) is 15.4. The quantitative estimate of drug-likeness (QED) is 0.845. The molecule has 2 aromatic rings. The maximum atomic E-state index is 13.7. The Morgan fingerprint density at radius 2 is 1.95 bits per heavy atom. The van der Waals surface area contributed by atoms with Crippen LogP contribution >= 0.6 is 11.6 Å². The Morgan fingerprint density at radius 3 is 2.52 bits per heavy atom. The van der Waals surface area contributed by atoms with Crippen LogP contribution in [0.3, 0.4) is 0 Å². The van der Waals surface area contributed by atoms with E-state index >= 15 is 0 Å². The van der Waals surface area contributed by atoms with E-state index in [1.807, 2.05) is 0 Å². The number of anilines is 2. The first-order valence-electron chi connectivity index (χ1n) is 5.75. The maximum Gasteiger partial charge on any atom is 0.264 e. The molecule has 2 rings (SSSR count). The average molecular weight is 331 g/mol. The lowest BCUT2D eigenvalue weighted by Gasteiger charge is -2.10. The first-order valence-corrected chi connectivity index (χ1v) is 7.61. The van der Waals surface area contributed by atoms with Crippen molar-refractivity contribution in [3.8, 4) is 5.75 Å². The highest BCUT2D eigenvalue weighted by atomic mass is 35.5. The molecule has 21 heavy (non-hydrogen) atoms. The Balaban J connectivity index is 2.35. The minimum Gasteiger partial charge on any atom is -0.495 e. The second-order valence-corrected chi connectivity index (χ2v) is 6.20. The van der Waals surface area contributed by atoms with Crippen molar-refractivity contribution in [1.29, 1.82) is 0 Å². The van der Waals surface area contributed by atoms with Gasteiger partial charge >= 0.3 is 0 Å². The summed E-state index contributed by atoms with van der Waals surface area (Å²) in [5, 5.41) is 0.232. The molecule has 0 aliphatic heterocycles. The number of halogens is 2. The summed E-state index contributed by atoms with van der Waals surface area (Å²) < 4.78 is 45.2. The van der Waals surface area contributed by atoms with E-state index in [2.05, 4.69) is 4.72 Å². The molecule has 0 radical (unpaired) electrons. The summed E-state index contributed by atoms with van der Waals surface area (Å²) in [4.78, 5) is -0.497. The van der Waals surface area contributed by atoms with Crippen molar-refractivity contribution in [2.75, 3.05) is 17.6 Å². The standard InChI is InChI=1S/C13H12ClFN2O3S/c1-20-12-4-3-9(7-10(12)14)17-21(18,19)13-5-2-8(16)6-11(13)15/h2-7,17H,16H2,1H3. The third-order valence-corrected chi connectivity index (χ3v) is 4.36. The number of nitrogens with two attached hydrogens (primary N) is 1. The molecule has 112 valence electrons. The molecule has 0 spiro atoms. The van der Waals surface area contributed by atoms with Crippen LogP contribution in [0.5, 0.6) is 5.75 Å². The molecule has 0 aliphatic rings. The fourth-order valence-electron chi connectivity index (χ4n) is 1.68. The number of nitrogen functional groups attached to an aromatic ring is 1. The van der Waals surface area contributed by atoms with Crippen LogP contribution in [0.25, 0.3) is 0 Å². The van der Waals surface area contributed by atoms with Gasteiger partial charge in [-0.25, -0.2) is 12.8 Å². The Kier molecular flexibility index (Phi) is 4.24. The lowest BCUT2D eigenvalue weighted by Crippen LogP contribution is -2.14. The molecular formula is C13H12ClFN2O3S. The number of nitrogens with one attached hydrogen (secondary N) is 1. The van der Waals surface area contributed by atoms with Crippen molar-refractivity contribution >= 4 is 33.0 Å². The normalized spacial score (nSPS) is 11.2. The number of rotatable bonds is 4. The van der Waals surface area contributed by atoms with E-state index in [9.17, 15) is 12.8 Å². The Bertz CT molecular complexity index is 781. The van der Waals surface area contributed by atoms with Gasteiger partial charge in [-0.2, -0.15) is 0 Å². The third kappa shape index (κ3) is 3.37. The Hall–Kier alpha value is -1.99. The summed E-state index contributed by atoms with van der Waals surface area (Å²) in [6, 6.07) is 7.66. The predicted molar refractivity (Wildman–Crippen MR) is 79.6 cm³/mol. The van der Waals surface area contributed by atoms with Crippen LogP contribution in [0.2, 0.25) is 5.02 Å². The van der Waals surface area contributed by atoms with Crippen molar-refractivity contribution < 1.29 is 17.5 Å². The van der Waals surface area contributed by atoms with E-state index in [1.165, 1.54) is 31.4 Å². The molecule has 0 fully saturated rings. The summed E-state index contributed by atoms with van der Waals surface area (Å²) >= 11 is 5.91. The Labute approximate surface area is 126 Å². The fourth-order valence-corrected chi connectivity index (χ4v) is 3.04. The van der Waals surface area contributed by atoms with E-state index in [1.54, 1.807) is 0 Å². The van der Waals surface area contributed by atoms with Crippen LogP contribution in [0.1, 0.15) is 0 Å². The van der Waals surface area contributed by atoms with Crippen molar-refractivity contribution in [1.82, 2.24) is 0 Å². The summed E-state index contributed by atoms with van der Waals surface area (Å²) in [6.07, 6.45) is 0. The molecule has 0 aromatic heterocycles. The second kappa shape index (κ2) is 5.79. The molecule has 8 heteroatoms. The van der Waals surface area contributed by atoms with E-state index in [0.717, 1.165) is 12.1 Å². The molecule has 0 saturated carbocycles. The molecule has 5 nitrogen and oxygen atoms in total. The van der Waals surface area contributed by atoms with Gasteiger partial charge in [0.05, 0.1) is 17.8 Å². The maximum absolute atomic E-state index is 13.7. The predicted octanol–water partition coefficient (Wildman–Crippen LogP) is 2.87. The van der Waals surface area contributed by atoms with Gasteiger partial charge in [-0.3, -0.25) is 4.72 Å². The number of ether oxygens (including phenoxy) is 1. The van der Waals surface area contributed by atoms with Gasteiger partial charge in [0.2, 0.25) is 0 Å². The zero-order valence-electron chi connectivity index (χ0n) is 10.9. The molecule has 0 unspecified atom stereocenters. The number of benzene rings is 2. The number of methoxy groups -OCH3 is 1. The van der Waals surface area contributed by atoms with Gasteiger partial charge in [-0.05, 0) is 36.4 Å². The van der Waals surface area contributed by atoms with Crippen molar-refractivity contribution in [3.63, 3.8) is 0 Å². The summed E-state index contributed by atoms with van der Waals surface area (Å²) in [5.41, 5.74) is 5.72. The van der Waals surface area contributed by atoms with E-state index in [4.69, 9.17) is 22.1 Å². The van der Waals surface area contributed by atoms with E-state index in [-0.39, 0.29) is 16.4 Å². The first-order chi connectivity index (χ1) is 9.83. The lowest BCUT2D eigenvalue weighted by atomic mass is 10.3. The molecule has 0 heterocycles. The van der Waals surface area contributed by atoms with Crippen LogP contribution < -0.4 is 15.2 Å². The zero-order chi connectivity index (χ0) is 15.6. The largest absolute Gasteiger partial charge is 0.495 e. The molecule has 2 aromatic carbocycles. The highest BCUT2D eigenvalue weighted by Gasteiger charge is 2.19. The fraction of sp³-hybridized carbons (Fsp3) is 0.0769. The minimum atomic E-state index is -4.08. The lowest BCUT2D eigenvalue weighted by molar-refractivity contribution is 0.415. The topological polar surface area (TPSA) is 81.4 Å². The van der Waals surface area contributed by atoms with Gasteiger partial charge in [0, 0.05) is 5.69 Å². The number of hydrogen-bond donors (Lipinski definition) is 2. The van der Waals surface area contributed by atoms with Crippen LogP contribution in [-0.2, 0) is 10.0 Å². The van der Waals surface area contributed by atoms with Crippen LogP contribution in [0.15, 0.2) is 41.3 Å². The van der Waals surface area contributed by atoms with Crippen LogP contribution in [-0.4, -0.2) is 15.5 Å². The van der Waals surface area contributed by atoms with Crippen LogP contribution in [0.4, 0.5) is 15.8 Å². The summed E-state index contributed by atoms with van der Waals surface area (Å²) in [5.74, 6) is -0.527. The van der Waals surface area contributed by atoms with Gasteiger partial charge in [0.25, 0.3) is 10.0 Å². The van der Waals surface area contributed by atoms with Gasteiger partial charge < -0.3 is 10.5 Å². The molecule has 0 saturated heterocycles. The molecule has 0 bridgehead atoms. The van der Waals surface area contributed by atoms with Crippen LogP contribution in [0, 0.1) is 5.82 Å². The highest BCUT2D eigenvalue weighted by molar-refractivity contribution is 7.92. The average Bonchev–Trinajstić information content (AvgIpc) is 2.37. The van der Waals surface area contributed by atoms with Crippen molar-refractivity contribution in [2.24, 2.45) is 0 Å². The van der Waals surface area contributed by atoms with Gasteiger partial charge in [0.1, 0.15) is 16.5 Å². The Morgan fingerprint density at radius 1 is 1.24 bits per heavy atom. The summed E-state index contributed by atoms with van der Waals surface area (Å²) in [6.45, 7) is 0. The molecule has 0 amide bonds. The monoisotopic (exact) mass is 330 g/mol. The van der Waals surface area contributed by atoms with E-state index < -0.39 is 20.7 Å². The van der Waals surface area contributed by atoms with Gasteiger partial charge in [-0.1, -0.05) is 11.6 Å². The van der Waals surface area contributed by atoms with Gasteiger partial charge in [0.15, 0.2) is 0 Å². The van der Waals surface area contributed by atoms with Gasteiger partial charge in [-0.15, -0.1) is 0 Å². The summed E-state index contributed by atoms with van der Waals surface area (Å²) in [7, 11) is -2.64. The molecular weight excluding hydrogens is 319 g/mol. The van der Waals surface area contributed by atoms with Crippen molar-refractivity contribution in [3.05, 3.63) is 47.2 Å². The second-order valence-electron chi connectivity index (χ2n) is 4.14. The third-order valence-electron chi connectivity index (χ3n) is 2.65. The number of sulfonamides is 1. The smallest absolute Gasteiger partial charge is 0.264 e. The number of hydrogen-bond acceptors (Lipinski definition) is 4. The zero-order valence-corrected chi connectivity index (χ0v) is 12.5. The molecule has 0 aliphatic carbocycles. The molecule has 3 N–H and O–H groups in total. The SMILES string of the molecule is COc1ccc(NS(=O)(=O)c2ccc(N)cc2F)cc1Cl. The molecule has 0 atom stereocenters. The minimum absolute atomic E-state index is 0.138. The van der Waals surface area contributed by atoms with E-state index in [0.29, 0.717) is 5.75 Å². The highest BCUT2D eigenvalue weighted by Crippen LogP contribution is 2.28. The van der Waals surface area contributed by atoms with Crippen molar-refractivity contribution in [2.45, 2.75) is 4.90 Å².